The van der Waals surface area contributed by atoms with Gasteiger partial charge in [0.2, 0.25) is 0 Å². The number of benzene rings is 1. The van der Waals surface area contributed by atoms with E-state index in [2.05, 4.69) is 0 Å². The molecule has 2 heterocycles. The van der Waals surface area contributed by atoms with E-state index in [4.69, 9.17) is 21.1 Å². The Bertz CT molecular complexity index is 630. The van der Waals surface area contributed by atoms with Crippen LogP contribution in [0, 0.1) is 11.8 Å². The molecule has 2 aliphatic heterocycles. The van der Waals surface area contributed by atoms with Crippen molar-refractivity contribution in [3.63, 3.8) is 0 Å². The molecule has 2 saturated heterocycles. The minimum Gasteiger partial charge on any atom is -0.363 e. The molecular weight excluding hydrogens is 292 g/mol. The second kappa shape index (κ2) is 4.38. The maximum absolute atomic E-state index is 12.0. The molecule has 1 aromatic rings. The number of Topliss-reactive ketones (excluding diaryl/α,β-unsaturated/α-hetero) is 1. The van der Waals surface area contributed by atoms with Gasteiger partial charge >= 0.3 is 0 Å². The van der Waals surface area contributed by atoms with Crippen molar-refractivity contribution >= 4 is 23.7 Å². The van der Waals surface area contributed by atoms with Gasteiger partial charge in [0, 0.05) is 22.9 Å². The van der Waals surface area contributed by atoms with Gasteiger partial charge in [-0.2, -0.15) is 0 Å². The van der Waals surface area contributed by atoms with Gasteiger partial charge in [-0.05, 0) is 13.0 Å². The summed E-state index contributed by atoms with van der Waals surface area (Å²) in [5.74, 6) is -0.436. The molecular formula is C16H15ClO4. The van der Waals surface area contributed by atoms with Crippen LogP contribution < -0.4 is 0 Å². The van der Waals surface area contributed by atoms with Gasteiger partial charge in [-0.25, -0.2) is 0 Å². The topological polar surface area (TPSA) is 55.9 Å². The molecule has 110 valence electrons. The van der Waals surface area contributed by atoms with Crippen LogP contribution in [0.2, 0.25) is 5.02 Å². The van der Waals surface area contributed by atoms with Crippen LogP contribution in [0.4, 0.5) is 0 Å². The molecule has 3 fully saturated rings. The third-order valence-electron chi connectivity index (χ3n) is 5.10. The SMILES string of the molecule is C[C@]12O[C@H](c3ccccc3Cl)[C@H](C=O)[C@H]1CC(=O)[C@@H]1O[C@@H]12. The van der Waals surface area contributed by atoms with Crippen LogP contribution in [0.1, 0.15) is 25.0 Å². The van der Waals surface area contributed by atoms with Crippen LogP contribution in [0.15, 0.2) is 24.3 Å². The fourth-order valence-electron chi connectivity index (χ4n) is 3.92. The molecule has 4 nitrogen and oxygen atoms in total. The summed E-state index contributed by atoms with van der Waals surface area (Å²) in [5, 5.41) is 0.580. The van der Waals surface area contributed by atoms with E-state index in [0.29, 0.717) is 11.4 Å². The van der Waals surface area contributed by atoms with Crippen molar-refractivity contribution < 1.29 is 19.1 Å². The summed E-state index contributed by atoms with van der Waals surface area (Å²) in [6, 6.07) is 7.37. The van der Waals surface area contributed by atoms with Gasteiger partial charge in [-0.1, -0.05) is 29.8 Å². The number of carbonyl (C=O) groups excluding carboxylic acids is 2. The van der Waals surface area contributed by atoms with E-state index >= 15 is 0 Å². The Kier molecular flexibility index (Phi) is 2.80. The lowest BCUT2D eigenvalue weighted by Gasteiger charge is -2.32. The van der Waals surface area contributed by atoms with Gasteiger partial charge in [0.05, 0.1) is 17.6 Å². The van der Waals surface area contributed by atoms with Crippen molar-refractivity contribution in [2.24, 2.45) is 11.8 Å². The molecule has 4 rings (SSSR count). The lowest BCUT2D eigenvalue weighted by Crippen LogP contribution is -2.46. The van der Waals surface area contributed by atoms with Gasteiger partial charge in [0.15, 0.2) is 5.78 Å². The summed E-state index contributed by atoms with van der Waals surface area (Å²) in [7, 11) is 0. The molecule has 0 amide bonds. The number of hydrogen-bond acceptors (Lipinski definition) is 4. The maximum atomic E-state index is 12.0. The smallest absolute Gasteiger partial charge is 0.164 e. The van der Waals surface area contributed by atoms with Crippen LogP contribution >= 0.6 is 11.6 Å². The third-order valence-corrected chi connectivity index (χ3v) is 5.44. The second-order valence-electron chi connectivity index (χ2n) is 6.21. The quantitative estimate of drug-likeness (QED) is 0.621. The summed E-state index contributed by atoms with van der Waals surface area (Å²) in [4.78, 5) is 23.6. The number of ketones is 1. The highest BCUT2D eigenvalue weighted by Gasteiger charge is 2.69. The Labute approximate surface area is 127 Å². The highest BCUT2D eigenvalue weighted by molar-refractivity contribution is 6.31. The summed E-state index contributed by atoms with van der Waals surface area (Å²) in [6.45, 7) is 1.95. The molecule has 0 N–H and O–H groups in total. The Balaban J connectivity index is 1.76. The zero-order valence-corrected chi connectivity index (χ0v) is 12.2. The summed E-state index contributed by atoms with van der Waals surface area (Å²) >= 11 is 6.25. The molecule has 6 atom stereocenters. The molecule has 0 unspecified atom stereocenters. The van der Waals surface area contributed by atoms with Crippen LogP contribution in [0.3, 0.4) is 0 Å². The molecule has 1 saturated carbocycles. The minimum absolute atomic E-state index is 0.0812. The van der Waals surface area contributed by atoms with Gasteiger partial charge in [-0.3, -0.25) is 4.79 Å². The molecule has 1 aromatic carbocycles. The number of carbonyl (C=O) groups is 2. The zero-order chi connectivity index (χ0) is 14.8. The first-order chi connectivity index (χ1) is 10.1. The highest BCUT2D eigenvalue weighted by atomic mass is 35.5. The van der Waals surface area contributed by atoms with E-state index in [-0.39, 0.29) is 29.8 Å². The maximum Gasteiger partial charge on any atom is 0.164 e. The van der Waals surface area contributed by atoms with E-state index in [0.717, 1.165) is 11.8 Å². The first-order valence-corrected chi connectivity index (χ1v) is 7.50. The second-order valence-corrected chi connectivity index (χ2v) is 6.62. The Morgan fingerprint density at radius 2 is 2.10 bits per heavy atom. The average molecular weight is 307 g/mol. The van der Waals surface area contributed by atoms with E-state index in [1.165, 1.54) is 0 Å². The van der Waals surface area contributed by atoms with Gasteiger partial charge in [0.25, 0.3) is 0 Å². The predicted molar refractivity (Wildman–Crippen MR) is 75.0 cm³/mol. The summed E-state index contributed by atoms with van der Waals surface area (Å²) in [5.41, 5.74) is 0.213. The monoisotopic (exact) mass is 306 g/mol. The fourth-order valence-corrected chi connectivity index (χ4v) is 4.16. The van der Waals surface area contributed by atoms with Crippen molar-refractivity contribution in [1.29, 1.82) is 0 Å². The number of rotatable bonds is 2. The Hall–Kier alpha value is -1.23. The van der Waals surface area contributed by atoms with Crippen molar-refractivity contribution in [2.45, 2.75) is 37.3 Å². The molecule has 0 bridgehead atoms. The average Bonchev–Trinajstić information content (AvgIpc) is 3.22. The van der Waals surface area contributed by atoms with Crippen LogP contribution in [-0.2, 0) is 19.1 Å². The first-order valence-electron chi connectivity index (χ1n) is 7.12. The molecule has 3 aliphatic rings. The largest absolute Gasteiger partial charge is 0.363 e. The van der Waals surface area contributed by atoms with E-state index < -0.39 is 11.7 Å². The van der Waals surface area contributed by atoms with Crippen LogP contribution in [0.5, 0.6) is 0 Å². The third kappa shape index (κ3) is 1.76. The predicted octanol–water partition coefficient (Wildman–Crippen LogP) is 2.34. The molecule has 0 spiro atoms. The lowest BCUT2D eigenvalue weighted by atomic mass is 9.71. The van der Waals surface area contributed by atoms with Crippen molar-refractivity contribution in [3.05, 3.63) is 34.9 Å². The van der Waals surface area contributed by atoms with Crippen molar-refractivity contribution in [3.8, 4) is 0 Å². The molecule has 21 heavy (non-hydrogen) atoms. The molecule has 0 radical (unpaired) electrons. The van der Waals surface area contributed by atoms with Gasteiger partial charge in [0.1, 0.15) is 18.5 Å². The number of hydrogen-bond donors (Lipinski definition) is 0. The first kappa shape index (κ1) is 13.4. The van der Waals surface area contributed by atoms with E-state index in [1.54, 1.807) is 6.07 Å². The molecule has 5 heteroatoms. The Morgan fingerprint density at radius 1 is 1.33 bits per heavy atom. The van der Waals surface area contributed by atoms with Gasteiger partial charge in [-0.15, -0.1) is 0 Å². The zero-order valence-electron chi connectivity index (χ0n) is 11.5. The Morgan fingerprint density at radius 3 is 2.81 bits per heavy atom. The fraction of sp³-hybridized carbons (Fsp3) is 0.500. The van der Waals surface area contributed by atoms with E-state index in [9.17, 15) is 9.59 Å². The van der Waals surface area contributed by atoms with Gasteiger partial charge < -0.3 is 14.3 Å². The van der Waals surface area contributed by atoms with E-state index in [1.807, 2.05) is 25.1 Å². The number of epoxide rings is 1. The molecule has 1 aliphatic carbocycles. The minimum atomic E-state index is -0.589. The lowest BCUT2D eigenvalue weighted by molar-refractivity contribution is -0.125. The summed E-state index contributed by atoms with van der Waals surface area (Å²) < 4.78 is 11.7. The number of aldehydes is 1. The highest BCUT2D eigenvalue weighted by Crippen LogP contribution is 2.58. The number of ether oxygens (including phenoxy) is 2. The van der Waals surface area contributed by atoms with Crippen LogP contribution in [-0.4, -0.2) is 29.9 Å². The van der Waals surface area contributed by atoms with Crippen molar-refractivity contribution in [2.75, 3.05) is 0 Å². The number of halogens is 1. The van der Waals surface area contributed by atoms with Crippen LogP contribution in [0.25, 0.3) is 0 Å². The standard InChI is InChI=1S/C16H15ClO4/c1-16-10(6-12(19)14-15(16)20-14)9(7-18)13(21-16)8-4-2-3-5-11(8)17/h2-5,7,9-10,13-15H,6H2,1H3/t9-,10-,13-,14+,15+,16+/m1/s1. The summed E-state index contributed by atoms with van der Waals surface area (Å²) in [6.07, 6.45) is 0.256. The number of fused-ring (bicyclic) bond motifs is 3. The van der Waals surface area contributed by atoms with Crippen molar-refractivity contribution in [1.82, 2.24) is 0 Å². The normalized spacial score (nSPS) is 44.1. The molecule has 0 aromatic heterocycles.